The molecule has 102 valence electrons. The molecule has 0 saturated heterocycles. The van der Waals surface area contributed by atoms with Gasteiger partial charge < -0.3 is 9.88 Å². The predicted molar refractivity (Wildman–Crippen MR) is 79.2 cm³/mol. The summed E-state index contributed by atoms with van der Waals surface area (Å²) >= 11 is 0. The maximum absolute atomic E-state index is 4.38. The van der Waals surface area contributed by atoms with Crippen molar-refractivity contribution in [2.24, 2.45) is 7.05 Å². The van der Waals surface area contributed by atoms with Crippen molar-refractivity contribution in [3.05, 3.63) is 53.1 Å². The lowest BCUT2D eigenvalue weighted by Gasteiger charge is -2.17. The van der Waals surface area contributed by atoms with Gasteiger partial charge in [-0.15, -0.1) is 0 Å². The highest BCUT2D eigenvalue weighted by Crippen LogP contribution is 2.21. The summed E-state index contributed by atoms with van der Waals surface area (Å²) in [4.78, 5) is 4.38. The molecule has 0 aliphatic carbocycles. The van der Waals surface area contributed by atoms with Crippen molar-refractivity contribution in [1.29, 1.82) is 0 Å². The molecule has 2 rings (SSSR count). The summed E-state index contributed by atoms with van der Waals surface area (Å²) in [5.74, 6) is 1.14. The van der Waals surface area contributed by atoms with Crippen LogP contribution in [-0.4, -0.2) is 16.6 Å². The molecule has 3 heteroatoms. The summed E-state index contributed by atoms with van der Waals surface area (Å²) in [7, 11) is 4.07. The Hall–Kier alpha value is -1.61. The Balaban J connectivity index is 2.07. The molecule has 3 nitrogen and oxygen atoms in total. The van der Waals surface area contributed by atoms with Gasteiger partial charge in [-0.2, -0.15) is 0 Å². The van der Waals surface area contributed by atoms with Gasteiger partial charge in [0.05, 0.1) is 0 Å². The van der Waals surface area contributed by atoms with Crippen LogP contribution in [0.4, 0.5) is 0 Å². The van der Waals surface area contributed by atoms with Gasteiger partial charge in [-0.05, 0) is 44.0 Å². The van der Waals surface area contributed by atoms with Crippen molar-refractivity contribution < 1.29 is 0 Å². The summed E-state index contributed by atoms with van der Waals surface area (Å²) in [6.07, 6.45) is 5.91. The van der Waals surface area contributed by atoms with Crippen LogP contribution in [0.2, 0.25) is 0 Å². The van der Waals surface area contributed by atoms with Crippen LogP contribution in [-0.2, 0) is 13.5 Å². The lowest BCUT2D eigenvalue weighted by Crippen LogP contribution is -2.18. The second-order valence-electron chi connectivity index (χ2n) is 5.18. The maximum Gasteiger partial charge on any atom is 0.108 e. The zero-order chi connectivity index (χ0) is 13.8. The third-order valence-corrected chi connectivity index (χ3v) is 3.86. The first-order valence-corrected chi connectivity index (χ1v) is 6.82. The van der Waals surface area contributed by atoms with E-state index in [0.717, 1.165) is 18.7 Å². The SMILES string of the molecule is CNC(CCc1nccn1C)c1ccc(C)c(C)c1. The number of hydrogen-bond donors (Lipinski definition) is 1. The second-order valence-corrected chi connectivity index (χ2v) is 5.18. The van der Waals surface area contributed by atoms with Crippen molar-refractivity contribution in [3.63, 3.8) is 0 Å². The van der Waals surface area contributed by atoms with E-state index in [4.69, 9.17) is 0 Å². The van der Waals surface area contributed by atoms with Crippen LogP contribution < -0.4 is 5.32 Å². The fraction of sp³-hybridized carbons (Fsp3) is 0.438. The Labute approximate surface area is 115 Å². The first-order valence-electron chi connectivity index (χ1n) is 6.82. The van der Waals surface area contributed by atoms with E-state index in [0.29, 0.717) is 6.04 Å². The standard InChI is InChI=1S/C16H23N3/c1-12-5-6-14(11-13(12)2)15(17-3)7-8-16-18-9-10-19(16)4/h5-6,9-11,15,17H,7-8H2,1-4H3. The van der Waals surface area contributed by atoms with E-state index in [9.17, 15) is 0 Å². The van der Waals surface area contributed by atoms with Crippen LogP contribution >= 0.6 is 0 Å². The largest absolute Gasteiger partial charge is 0.338 e. The molecule has 0 bridgehead atoms. The monoisotopic (exact) mass is 257 g/mol. The summed E-state index contributed by atoms with van der Waals surface area (Å²) < 4.78 is 2.09. The molecule has 1 heterocycles. The molecular formula is C16H23N3. The Bertz CT molecular complexity index is 543. The number of nitrogens with one attached hydrogen (secondary N) is 1. The van der Waals surface area contributed by atoms with Gasteiger partial charge >= 0.3 is 0 Å². The van der Waals surface area contributed by atoms with E-state index in [2.05, 4.69) is 46.9 Å². The molecule has 1 unspecified atom stereocenters. The maximum atomic E-state index is 4.38. The topological polar surface area (TPSA) is 29.9 Å². The third-order valence-electron chi connectivity index (χ3n) is 3.86. The van der Waals surface area contributed by atoms with Crippen LogP contribution in [0, 0.1) is 13.8 Å². The van der Waals surface area contributed by atoms with Gasteiger partial charge in [-0.3, -0.25) is 0 Å². The molecule has 0 aliphatic rings. The molecule has 19 heavy (non-hydrogen) atoms. The highest BCUT2D eigenvalue weighted by molar-refractivity contribution is 5.31. The molecule has 0 saturated carbocycles. The minimum atomic E-state index is 0.385. The molecule has 0 amide bonds. The Morgan fingerprint density at radius 1 is 1.26 bits per heavy atom. The van der Waals surface area contributed by atoms with Crippen molar-refractivity contribution in [2.45, 2.75) is 32.7 Å². The number of rotatable bonds is 5. The smallest absolute Gasteiger partial charge is 0.108 e. The van der Waals surface area contributed by atoms with Gasteiger partial charge in [0.1, 0.15) is 5.82 Å². The van der Waals surface area contributed by atoms with E-state index in [1.165, 1.54) is 16.7 Å². The zero-order valence-corrected chi connectivity index (χ0v) is 12.3. The van der Waals surface area contributed by atoms with Gasteiger partial charge in [0.15, 0.2) is 0 Å². The molecule has 0 fully saturated rings. The molecule has 0 radical (unpaired) electrons. The first-order chi connectivity index (χ1) is 9.11. The fourth-order valence-corrected chi connectivity index (χ4v) is 2.37. The van der Waals surface area contributed by atoms with E-state index >= 15 is 0 Å². The first kappa shape index (κ1) is 13.8. The molecule has 2 aromatic rings. The second kappa shape index (κ2) is 6.02. The number of aromatic nitrogens is 2. The van der Waals surface area contributed by atoms with Gasteiger partial charge in [0.2, 0.25) is 0 Å². The van der Waals surface area contributed by atoms with E-state index in [1.54, 1.807) is 0 Å². The van der Waals surface area contributed by atoms with Crippen LogP contribution in [0.25, 0.3) is 0 Å². The molecular weight excluding hydrogens is 234 g/mol. The van der Waals surface area contributed by atoms with E-state index < -0.39 is 0 Å². The molecule has 1 aromatic carbocycles. The average Bonchev–Trinajstić information content (AvgIpc) is 2.80. The van der Waals surface area contributed by atoms with Crippen molar-refractivity contribution in [3.8, 4) is 0 Å². The molecule has 1 aromatic heterocycles. The van der Waals surface area contributed by atoms with Gasteiger partial charge in [0, 0.05) is 31.9 Å². The average molecular weight is 257 g/mol. The van der Waals surface area contributed by atoms with Crippen molar-refractivity contribution >= 4 is 0 Å². The summed E-state index contributed by atoms with van der Waals surface area (Å²) in [5, 5.41) is 3.41. The molecule has 1 atom stereocenters. The van der Waals surface area contributed by atoms with Crippen LogP contribution in [0.5, 0.6) is 0 Å². The lowest BCUT2D eigenvalue weighted by molar-refractivity contribution is 0.535. The summed E-state index contributed by atoms with van der Waals surface area (Å²) in [5.41, 5.74) is 4.07. The molecule has 0 aliphatic heterocycles. The Morgan fingerprint density at radius 2 is 2.05 bits per heavy atom. The van der Waals surface area contributed by atoms with Gasteiger partial charge in [-0.1, -0.05) is 18.2 Å². The number of hydrogen-bond acceptors (Lipinski definition) is 2. The minimum Gasteiger partial charge on any atom is -0.338 e. The Kier molecular flexibility index (Phi) is 4.38. The fourth-order valence-electron chi connectivity index (χ4n) is 2.37. The van der Waals surface area contributed by atoms with Crippen LogP contribution in [0.1, 0.15) is 35.0 Å². The van der Waals surface area contributed by atoms with Gasteiger partial charge in [0.25, 0.3) is 0 Å². The summed E-state index contributed by atoms with van der Waals surface area (Å²) in [6, 6.07) is 7.10. The predicted octanol–water partition coefficient (Wildman–Crippen LogP) is 2.93. The Morgan fingerprint density at radius 3 is 2.63 bits per heavy atom. The number of benzene rings is 1. The quantitative estimate of drug-likeness (QED) is 0.892. The highest BCUT2D eigenvalue weighted by Gasteiger charge is 2.11. The van der Waals surface area contributed by atoms with Crippen molar-refractivity contribution in [2.75, 3.05) is 7.05 Å². The van der Waals surface area contributed by atoms with E-state index in [-0.39, 0.29) is 0 Å². The third kappa shape index (κ3) is 3.24. The number of nitrogens with zero attached hydrogens (tertiary/aromatic N) is 2. The van der Waals surface area contributed by atoms with E-state index in [1.807, 2.05) is 26.5 Å². The summed E-state index contributed by atoms with van der Waals surface area (Å²) in [6.45, 7) is 4.33. The number of aryl methyl sites for hydroxylation is 4. The molecule has 1 N–H and O–H groups in total. The van der Waals surface area contributed by atoms with Crippen LogP contribution in [0.15, 0.2) is 30.6 Å². The van der Waals surface area contributed by atoms with Crippen LogP contribution in [0.3, 0.4) is 0 Å². The minimum absolute atomic E-state index is 0.385. The normalized spacial score (nSPS) is 12.6. The molecule has 0 spiro atoms. The number of imidazole rings is 1. The van der Waals surface area contributed by atoms with Gasteiger partial charge in [-0.25, -0.2) is 4.98 Å². The lowest BCUT2D eigenvalue weighted by atomic mass is 9.98. The zero-order valence-electron chi connectivity index (χ0n) is 12.3. The van der Waals surface area contributed by atoms with Crippen molar-refractivity contribution in [1.82, 2.24) is 14.9 Å². The highest BCUT2D eigenvalue weighted by atomic mass is 15.0.